The topological polar surface area (TPSA) is 148 Å². The molecule has 1 rings (SSSR count). The Bertz CT molecular complexity index is 418. The molecule has 8 nitrogen and oxygen atoms in total. The van der Waals surface area contributed by atoms with Gasteiger partial charge in [0, 0.05) is 16.7 Å². The van der Waals surface area contributed by atoms with Crippen molar-refractivity contribution >= 4 is 5.82 Å². The van der Waals surface area contributed by atoms with Gasteiger partial charge in [0.1, 0.15) is 6.10 Å². The van der Waals surface area contributed by atoms with E-state index < -0.39 is 12.2 Å². The molecule has 1 aromatic heterocycles. The molecule has 1 heterocycles. The summed E-state index contributed by atoms with van der Waals surface area (Å²) in [6.45, 7) is -0.275. The van der Waals surface area contributed by atoms with Crippen molar-refractivity contribution in [3.05, 3.63) is 28.3 Å². The molecule has 0 aromatic carbocycles. The summed E-state index contributed by atoms with van der Waals surface area (Å²) in [5.41, 5.74) is 13.5. The molecule has 0 bridgehead atoms. The van der Waals surface area contributed by atoms with Gasteiger partial charge in [-0.05, 0) is 11.6 Å². The quantitative estimate of drug-likeness (QED) is 0.325. The average Bonchev–Trinajstić information content (AvgIpc) is 2.28. The van der Waals surface area contributed by atoms with Crippen LogP contribution in [-0.2, 0) is 0 Å². The number of nitrogens with two attached hydrogens (primary N) is 1. The van der Waals surface area contributed by atoms with Gasteiger partial charge in [0.2, 0.25) is 0 Å². The molecule has 8 heteroatoms. The van der Waals surface area contributed by atoms with E-state index in [1.54, 1.807) is 0 Å². The lowest BCUT2D eigenvalue weighted by Crippen LogP contribution is -2.21. The first kappa shape index (κ1) is 12.1. The van der Waals surface area contributed by atoms with Crippen molar-refractivity contribution in [2.24, 2.45) is 5.11 Å². The van der Waals surface area contributed by atoms with Gasteiger partial charge in [-0.3, -0.25) is 0 Å². The largest absolute Gasteiger partial charge is 0.504 e. The monoisotopic (exact) mass is 225 g/mol. The van der Waals surface area contributed by atoms with Crippen LogP contribution in [0.15, 0.2) is 17.4 Å². The van der Waals surface area contributed by atoms with Gasteiger partial charge < -0.3 is 21.1 Å². The predicted molar refractivity (Wildman–Crippen MR) is 55.3 cm³/mol. The summed E-state index contributed by atoms with van der Waals surface area (Å²) in [7, 11) is 0. The van der Waals surface area contributed by atoms with Gasteiger partial charge in [0.05, 0.1) is 12.6 Å². The van der Waals surface area contributed by atoms with E-state index in [4.69, 9.17) is 11.3 Å². The van der Waals surface area contributed by atoms with Crippen LogP contribution in [0.3, 0.4) is 0 Å². The van der Waals surface area contributed by atoms with Crippen molar-refractivity contribution in [1.29, 1.82) is 0 Å². The summed E-state index contributed by atoms with van der Waals surface area (Å²) in [6, 6.07) is 1.19. The Balaban J connectivity index is 2.82. The van der Waals surface area contributed by atoms with Crippen LogP contribution in [0.2, 0.25) is 0 Å². The van der Waals surface area contributed by atoms with Crippen LogP contribution in [0.1, 0.15) is 11.7 Å². The minimum absolute atomic E-state index is 0.0690. The fourth-order valence-corrected chi connectivity index (χ4v) is 1.08. The second-order valence-electron chi connectivity index (χ2n) is 3.10. The number of aromatic hydroxyl groups is 1. The maximum Gasteiger partial charge on any atom is 0.165 e. The summed E-state index contributed by atoms with van der Waals surface area (Å²) in [4.78, 5) is 6.07. The van der Waals surface area contributed by atoms with Crippen LogP contribution in [0.25, 0.3) is 10.4 Å². The third kappa shape index (κ3) is 2.74. The molecule has 0 spiro atoms. The highest BCUT2D eigenvalue weighted by Crippen LogP contribution is 2.23. The molecule has 0 amide bonds. The zero-order valence-corrected chi connectivity index (χ0v) is 8.22. The van der Waals surface area contributed by atoms with Gasteiger partial charge in [-0.25, -0.2) is 4.98 Å². The van der Waals surface area contributed by atoms with Gasteiger partial charge in [-0.2, -0.15) is 0 Å². The summed E-state index contributed by atoms with van der Waals surface area (Å²) in [5, 5.41) is 31.4. The van der Waals surface area contributed by atoms with E-state index in [-0.39, 0.29) is 23.7 Å². The number of nitrogen functional groups attached to an aromatic ring is 1. The Morgan fingerprint density at radius 3 is 2.81 bits per heavy atom. The molecule has 0 aliphatic carbocycles. The first-order valence-corrected chi connectivity index (χ1v) is 4.37. The Labute approximate surface area is 90.6 Å². The number of aromatic nitrogens is 1. The van der Waals surface area contributed by atoms with Crippen LogP contribution in [0.5, 0.6) is 5.75 Å². The second-order valence-corrected chi connectivity index (χ2v) is 3.10. The maximum atomic E-state index is 9.61. The number of hydrogen-bond donors (Lipinski definition) is 4. The number of aliphatic hydroxyl groups excluding tert-OH is 2. The summed E-state index contributed by atoms with van der Waals surface area (Å²) in [5.74, 6) is -0.354. The van der Waals surface area contributed by atoms with E-state index in [1.165, 1.54) is 12.3 Å². The highest BCUT2D eigenvalue weighted by molar-refractivity contribution is 5.46. The minimum Gasteiger partial charge on any atom is -0.504 e. The fourth-order valence-electron chi connectivity index (χ4n) is 1.08. The average molecular weight is 225 g/mol. The van der Waals surface area contributed by atoms with E-state index in [0.717, 1.165) is 0 Å². The van der Waals surface area contributed by atoms with Gasteiger partial charge in [0.15, 0.2) is 11.6 Å². The number of anilines is 1. The summed E-state index contributed by atoms with van der Waals surface area (Å²) in [6.07, 6.45) is -1.34. The van der Waals surface area contributed by atoms with Crippen molar-refractivity contribution in [2.75, 3.05) is 12.3 Å². The number of pyridine rings is 1. The van der Waals surface area contributed by atoms with E-state index in [2.05, 4.69) is 15.0 Å². The molecule has 86 valence electrons. The van der Waals surface area contributed by atoms with E-state index in [9.17, 15) is 15.3 Å². The third-order valence-corrected chi connectivity index (χ3v) is 1.96. The highest BCUT2D eigenvalue weighted by atomic mass is 16.3. The first-order valence-electron chi connectivity index (χ1n) is 4.37. The number of aliphatic hydroxyl groups is 2. The Hall–Kier alpha value is -2.02. The van der Waals surface area contributed by atoms with Crippen molar-refractivity contribution < 1.29 is 15.3 Å². The number of nitrogens with zero attached hydrogens (tertiary/aromatic N) is 4. The Morgan fingerprint density at radius 2 is 2.25 bits per heavy atom. The van der Waals surface area contributed by atoms with Crippen LogP contribution in [0.4, 0.5) is 5.82 Å². The van der Waals surface area contributed by atoms with Gasteiger partial charge in [0.25, 0.3) is 0 Å². The predicted octanol–water partition coefficient (Wildman–Crippen LogP) is 0.0740. The van der Waals surface area contributed by atoms with E-state index in [0.29, 0.717) is 0 Å². The molecule has 0 aliphatic rings. The lowest BCUT2D eigenvalue weighted by atomic mass is 10.1. The molecule has 0 radical (unpaired) electrons. The van der Waals surface area contributed by atoms with Crippen LogP contribution >= 0.6 is 0 Å². The Kier molecular flexibility index (Phi) is 3.90. The zero-order valence-electron chi connectivity index (χ0n) is 8.22. The van der Waals surface area contributed by atoms with Gasteiger partial charge in [-0.15, -0.1) is 0 Å². The van der Waals surface area contributed by atoms with Crippen LogP contribution in [-0.4, -0.2) is 33.0 Å². The number of hydrogen-bond acceptors (Lipinski definition) is 6. The molecule has 0 saturated heterocycles. The van der Waals surface area contributed by atoms with Gasteiger partial charge in [-0.1, -0.05) is 5.11 Å². The molecule has 2 unspecified atom stereocenters. The zero-order chi connectivity index (χ0) is 12.1. The molecule has 2 atom stereocenters. The van der Waals surface area contributed by atoms with Crippen molar-refractivity contribution in [2.45, 2.75) is 12.2 Å². The molecule has 0 saturated carbocycles. The van der Waals surface area contributed by atoms with Crippen molar-refractivity contribution in [3.63, 3.8) is 0 Å². The normalized spacial score (nSPS) is 13.9. The molecule has 0 aliphatic heterocycles. The minimum atomic E-state index is -1.30. The maximum absolute atomic E-state index is 9.61. The summed E-state index contributed by atoms with van der Waals surface area (Å²) >= 11 is 0. The van der Waals surface area contributed by atoms with Crippen molar-refractivity contribution in [3.8, 4) is 5.75 Å². The van der Waals surface area contributed by atoms with E-state index >= 15 is 0 Å². The summed E-state index contributed by atoms with van der Waals surface area (Å²) < 4.78 is 0. The molecule has 5 N–H and O–H groups in total. The second kappa shape index (κ2) is 5.17. The van der Waals surface area contributed by atoms with Crippen molar-refractivity contribution in [1.82, 2.24) is 4.98 Å². The third-order valence-electron chi connectivity index (χ3n) is 1.96. The number of rotatable bonds is 4. The van der Waals surface area contributed by atoms with Crippen LogP contribution in [0, 0.1) is 0 Å². The molecule has 0 fully saturated rings. The highest BCUT2D eigenvalue weighted by Gasteiger charge is 2.18. The molecule has 16 heavy (non-hydrogen) atoms. The SMILES string of the molecule is [N-]=[N+]=NCC(O)C(O)c1cnc(N)c(O)c1. The molecular weight excluding hydrogens is 214 g/mol. The Morgan fingerprint density at radius 1 is 1.56 bits per heavy atom. The first-order chi connectivity index (χ1) is 7.56. The molecule has 1 aromatic rings. The lowest BCUT2D eigenvalue weighted by Gasteiger charge is -2.16. The van der Waals surface area contributed by atoms with Crippen LogP contribution < -0.4 is 5.73 Å². The molecular formula is C8H11N5O3. The lowest BCUT2D eigenvalue weighted by molar-refractivity contribution is 0.0241. The fraction of sp³-hybridized carbons (Fsp3) is 0.375. The number of azide groups is 1. The van der Waals surface area contributed by atoms with Gasteiger partial charge >= 0.3 is 0 Å². The standard InChI is InChI=1S/C8H11N5O3/c9-8-5(14)1-4(2-11-8)7(16)6(15)3-12-13-10/h1-2,6-7,14-16H,3H2,(H2,9,11). The van der Waals surface area contributed by atoms with E-state index in [1.807, 2.05) is 0 Å². The smallest absolute Gasteiger partial charge is 0.165 e.